The number of aromatic amines is 1. The topological polar surface area (TPSA) is 60.1 Å². The van der Waals surface area contributed by atoms with E-state index < -0.39 is 0 Å². The number of fused-ring (bicyclic) bond motifs is 3. The van der Waals surface area contributed by atoms with E-state index in [9.17, 15) is 0 Å². The van der Waals surface area contributed by atoms with E-state index in [-0.39, 0.29) is 6.04 Å². The molecule has 0 unspecified atom stereocenters. The predicted molar refractivity (Wildman–Crippen MR) is 113 cm³/mol. The molecule has 29 heavy (non-hydrogen) atoms. The summed E-state index contributed by atoms with van der Waals surface area (Å²) in [6.07, 6.45) is 6.18. The number of H-pyrrole nitrogens is 1. The lowest BCUT2D eigenvalue weighted by Gasteiger charge is -2.23. The fourth-order valence-electron chi connectivity index (χ4n) is 4.89. The van der Waals surface area contributed by atoms with Gasteiger partial charge in [0.2, 0.25) is 0 Å². The number of rotatable bonds is 5. The molecular formula is C24H29N2O3+. The smallest absolute Gasteiger partial charge is 0.161 e. The molecule has 1 atom stereocenters. The Morgan fingerprint density at radius 2 is 1.83 bits per heavy atom. The molecule has 1 aromatic heterocycles. The Bertz CT molecular complexity index is 1020. The molecule has 0 bridgehead atoms. The zero-order valence-electron chi connectivity index (χ0n) is 17.2. The maximum absolute atomic E-state index is 6.23. The maximum Gasteiger partial charge on any atom is 0.161 e. The van der Waals surface area contributed by atoms with Gasteiger partial charge in [-0.05, 0) is 67.6 Å². The standard InChI is InChI=1S/C24H28N2O3/c1-27-17-8-9-20-19(14-17)18-11-12-25-23(24(18)26-20)15-7-10-21(22(13-15)28-2)29-16-5-3-4-6-16/h7-10,13-14,16,23,25-26H,3-6,11-12H2,1-2H3/p+1/t23-/m1/s1. The number of nitrogens with one attached hydrogen (secondary N) is 1. The second-order valence-corrected chi connectivity index (χ2v) is 8.12. The van der Waals surface area contributed by atoms with Gasteiger partial charge in [0.1, 0.15) is 5.75 Å². The van der Waals surface area contributed by atoms with Crippen molar-refractivity contribution in [3.8, 4) is 17.2 Å². The average molecular weight is 394 g/mol. The molecule has 2 aliphatic rings. The lowest BCUT2D eigenvalue weighted by Crippen LogP contribution is -2.87. The van der Waals surface area contributed by atoms with Gasteiger partial charge in [-0.25, -0.2) is 0 Å². The van der Waals surface area contributed by atoms with E-state index in [4.69, 9.17) is 14.2 Å². The van der Waals surface area contributed by atoms with Gasteiger partial charge in [-0.15, -0.1) is 0 Å². The van der Waals surface area contributed by atoms with Crippen LogP contribution in [0.2, 0.25) is 0 Å². The molecular weight excluding hydrogens is 364 g/mol. The van der Waals surface area contributed by atoms with E-state index in [2.05, 4.69) is 40.6 Å². The molecule has 3 N–H and O–H groups in total. The van der Waals surface area contributed by atoms with Crippen molar-refractivity contribution in [3.63, 3.8) is 0 Å². The van der Waals surface area contributed by atoms with Crippen LogP contribution in [-0.4, -0.2) is 31.9 Å². The Labute approximate surface area is 171 Å². The zero-order valence-corrected chi connectivity index (χ0v) is 17.2. The molecule has 1 aliphatic heterocycles. The van der Waals surface area contributed by atoms with E-state index >= 15 is 0 Å². The zero-order chi connectivity index (χ0) is 19.8. The van der Waals surface area contributed by atoms with Crippen molar-refractivity contribution in [1.29, 1.82) is 0 Å². The van der Waals surface area contributed by atoms with E-state index in [1.165, 1.54) is 40.6 Å². The first kappa shape index (κ1) is 18.4. The summed E-state index contributed by atoms with van der Waals surface area (Å²) in [6, 6.07) is 12.9. The van der Waals surface area contributed by atoms with Crippen molar-refractivity contribution in [2.24, 2.45) is 0 Å². The van der Waals surface area contributed by atoms with Crippen LogP contribution in [0, 0.1) is 0 Å². The Hall–Kier alpha value is -2.66. The summed E-state index contributed by atoms with van der Waals surface area (Å²) in [4.78, 5) is 3.67. The molecule has 1 fully saturated rings. The number of quaternary nitrogens is 1. The van der Waals surface area contributed by atoms with Crippen LogP contribution in [0.1, 0.15) is 48.5 Å². The third-order valence-corrected chi connectivity index (χ3v) is 6.40. The third-order valence-electron chi connectivity index (χ3n) is 6.40. The van der Waals surface area contributed by atoms with Crippen LogP contribution in [0.3, 0.4) is 0 Å². The summed E-state index contributed by atoms with van der Waals surface area (Å²) in [7, 11) is 3.45. The fourth-order valence-corrected chi connectivity index (χ4v) is 4.89. The number of benzene rings is 2. The Morgan fingerprint density at radius 1 is 0.966 bits per heavy atom. The number of ether oxygens (including phenoxy) is 3. The van der Waals surface area contributed by atoms with Crippen LogP contribution in [-0.2, 0) is 6.42 Å². The molecule has 0 amide bonds. The minimum Gasteiger partial charge on any atom is -0.497 e. The quantitative estimate of drug-likeness (QED) is 0.695. The second-order valence-electron chi connectivity index (χ2n) is 8.12. The van der Waals surface area contributed by atoms with Crippen LogP contribution >= 0.6 is 0 Å². The molecule has 2 heterocycles. The third kappa shape index (κ3) is 3.33. The van der Waals surface area contributed by atoms with Crippen molar-refractivity contribution < 1.29 is 19.5 Å². The molecule has 0 saturated heterocycles. The number of nitrogens with two attached hydrogens (primary N) is 1. The predicted octanol–water partition coefficient (Wildman–Crippen LogP) is 3.72. The van der Waals surface area contributed by atoms with Crippen LogP contribution in [0.5, 0.6) is 17.2 Å². The molecule has 5 heteroatoms. The van der Waals surface area contributed by atoms with Gasteiger partial charge in [-0.2, -0.15) is 0 Å². The highest BCUT2D eigenvalue weighted by Crippen LogP contribution is 2.37. The minimum absolute atomic E-state index is 0.228. The molecule has 0 radical (unpaired) electrons. The number of hydrogen-bond acceptors (Lipinski definition) is 3. The minimum atomic E-state index is 0.228. The van der Waals surface area contributed by atoms with Crippen molar-refractivity contribution in [2.45, 2.75) is 44.2 Å². The number of methoxy groups -OCH3 is 2. The van der Waals surface area contributed by atoms with Gasteiger partial charge in [0.25, 0.3) is 0 Å². The van der Waals surface area contributed by atoms with Gasteiger partial charge in [0, 0.05) is 22.9 Å². The van der Waals surface area contributed by atoms with E-state index in [0.29, 0.717) is 6.10 Å². The molecule has 152 valence electrons. The molecule has 3 aromatic rings. The summed E-state index contributed by atoms with van der Waals surface area (Å²) in [5, 5.41) is 3.67. The first-order chi connectivity index (χ1) is 14.3. The van der Waals surface area contributed by atoms with E-state index in [1.807, 2.05) is 6.07 Å². The van der Waals surface area contributed by atoms with Crippen molar-refractivity contribution in [1.82, 2.24) is 4.98 Å². The first-order valence-electron chi connectivity index (χ1n) is 10.6. The monoisotopic (exact) mass is 393 g/mol. The maximum atomic E-state index is 6.23. The van der Waals surface area contributed by atoms with Gasteiger partial charge in [-0.3, -0.25) is 0 Å². The van der Waals surface area contributed by atoms with E-state index in [1.54, 1.807) is 14.2 Å². The summed E-state index contributed by atoms with van der Waals surface area (Å²) in [6.45, 7) is 1.06. The molecule has 0 spiro atoms. The Morgan fingerprint density at radius 3 is 2.62 bits per heavy atom. The van der Waals surface area contributed by atoms with Crippen LogP contribution in [0.25, 0.3) is 10.9 Å². The van der Waals surface area contributed by atoms with Gasteiger partial charge in [0.05, 0.1) is 32.6 Å². The lowest BCUT2D eigenvalue weighted by molar-refractivity contribution is -0.690. The Balaban J connectivity index is 1.50. The fraction of sp³-hybridized carbons (Fsp3) is 0.417. The van der Waals surface area contributed by atoms with Crippen LogP contribution in [0.4, 0.5) is 0 Å². The molecule has 5 rings (SSSR count). The second kappa shape index (κ2) is 7.64. The highest BCUT2D eigenvalue weighted by Gasteiger charge is 2.30. The van der Waals surface area contributed by atoms with Crippen molar-refractivity contribution >= 4 is 10.9 Å². The SMILES string of the molecule is COc1ccc2[nH]c3c(c2c1)CC[NH2+][C@@H]3c1ccc(OC2CCCC2)c(OC)c1. The lowest BCUT2D eigenvalue weighted by atomic mass is 9.94. The number of aromatic nitrogens is 1. The normalized spacial score (nSPS) is 19.3. The molecule has 1 aliphatic carbocycles. The van der Waals surface area contributed by atoms with E-state index in [0.717, 1.165) is 43.1 Å². The molecule has 5 nitrogen and oxygen atoms in total. The van der Waals surface area contributed by atoms with Crippen molar-refractivity contribution in [2.75, 3.05) is 20.8 Å². The summed E-state index contributed by atoms with van der Waals surface area (Å²) in [5.41, 5.74) is 5.09. The highest BCUT2D eigenvalue weighted by molar-refractivity contribution is 5.86. The molecule has 2 aromatic carbocycles. The van der Waals surface area contributed by atoms with Crippen LogP contribution < -0.4 is 19.5 Å². The number of hydrogen-bond donors (Lipinski definition) is 2. The summed E-state index contributed by atoms with van der Waals surface area (Å²) in [5.74, 6) is 2.59. The van der Waals surface area contributed by atoms with Gasteiger partial charge in [-0.1, -0.05) is 0 Å². The summed E-state index contributed by atoms with van der Waals surface area (Å²) >= 11 is 0. The Kier molecular flexibility index (Phi) is 4.84. The average Bonchev–Trinajstić information content (AvgIpc) is 3.41. The largest absolute Gasteiger partial charge is 0.497 e. The van der Waals surface area contributed by atoms with Gasteiger partial charge >= 0.3 is 0 Å². The van der Waals surface area contributed by atoms with Crippen molar-refractivity contribution in [3.05, 3.63) is 53.2 Å². The van der Waals surface area contributed by atoms with Crippen LogP contribution in [0.15, 0.2) is 36.4 Å². The van der Waals surface area contributed by atoms with Gasteiger partial charge in [0.15, 0.2) is 17.5 Å². The molecule has 1 saturated carbocycles. The summed E-state index contributed by atoms with van der Waals surface area (Å²) < 4.78 is 17.4. The first-order valence-corrected chi connectivity index (χ1v) is 10.6. The van der Waals surface area contributed by atoms with Gasteiger partial charge < -0.3 is 24.5 Å². The highest BCUT2D eigenvalue weighted by atomic mass is 16.5.